The molecule has 0 radical (unpaired) electrons. The quantitative estimate of drug-likeness (QED) is 0.516. The topological polar surface area (TPSA) is 12.0 Å². The summed E-state index contributed by atoms with van der Waals surface area (Å²) < 4.78 is 0. The fourth-order valence-electron chi connectivity index (χ4n) is 1.55. The minimum absolute atomic E-state index is 0.504. The number of nitrogens with one attached hydrogen (secondary N) is 1. The summed E-state index contributed by atoms with van der Waals surface area (Å²) in [7, 11) is 0. The lowest BCUT2D eigenvalue weighted by atomic mass is 10.2. The van der Waals surface area contributed by atoms with Gasteiger partial charge < -0.3 is 5.32 Å². The van der Waals surface area contributed by atoms with E-state index in [0.717, 1.165) is 13.0 Å². The molecule has 1 atom stereocenters. The van der Waals surface area contributed by atoms with Gasteiger partial charge in [0.05, 0.1) is 0 Å². The second-order valence-electron chi connectivity index (χ2n) is 3.83. The Morgan fingerprint density at radius 1 is 1.47 bits per heavy atom. The van der Waals surface area contributed by atoms with E-state index in [2.05, 4.69) is 36.3 Å². The lowest BCUT2D eigenvalue weighted by molar-refractivity contribution is 0.545. The molecule has 15 heavy (non-hydrogen) atoms. The maximum absolute atomic E-state index is 3.73. The number of hydrogen-bond donors (Lipinski definition) is 1. The molecule has 1 nitrogen and oxygen atoms in total. The molecule has 1 aromatic heterocycles. The van der Waals surface area contributed by atoms with Crippen molar-refractivity contribution in [2.45, 2.75) is 38.6 Å². The zero-order valence-corrected chi connectivity index (χ0v) is 10.4. The molecule has 1 N–H and O–H groups in total. The third-order valence-corrected chi connectivity index (χ3v) is 3.56. The van der Waals surface area contributed by atoms with Crippen molar-refractivity contribution in [3.63, 3.8) is 0 Å². The molecule has 0 aromatic carbocycles. The molecule has 0 aliphatic heterocycles. The van der Waals surface area contributed by atoms with E-state index < -0.39 is 0 Å². The van der Waals surface area contributed by atoms with Crippen LogP contribution in [0.2, 0.25) is 0 Å². The van der Waals surface area contributed by atoms with Gasteiger partial charge in [0.25, 0.3) is 0 Å². The SMILES string of the molecule is C=CCCCCCN[C@H](C)c1cccs1. The Hall–Kier alpha value is -0.600. The molecule has 0 amide bonds. The molecule has 0 spiro atoms. The van der Waals surface area contributed by atoms with Crippen molar-refractivity contribution >= 4 is 11.3 Å². The van der Waals surface area contributed by atoms with Crippen molar-refractivity contribution in [3.8, 4) is 0 Å². The monoisotopic (exact) mass is 223 g/mol. The maximum Gasteiger partial charge on any atom is 0.0386 e. The molecule has 1 heterocycles. The van der Waals surface area contributed by atoms with Crippen LogP contribution in [0, 0.1) is 0 Å². The van der Waals surface area contributed by atoms with Gasteiger partial charge in [0, 0.05) is 10.9 Å². The number of thiophene rings is 1. The van der Waals surface area contributed by atoms with E-state index in [1.165, 1.54) is 24.1 Å². The summed E-state index contributed by atoms with van der Waals surface area (Å²) in [6, 6.07) is 4.81. The smallest absolute Gasteiger partial charge is 0.0386 e. The fourth-order valence-corrected chi connectivity index (χ4v) is 2.31. The molecule has 0 saturated carbocycles. The Bertz CT molecular complexity index is 254. The third kappa shape index (κ3) is 5.14. The summed E-state index contributed by atoms with van der Waals surface area (Å²) in [5.74, 6) is 0. The summed E-state index contributed by atoms with van der Waals surface area (Å²) in [5.41, 5.74) is 0. The first-order chi connectivity index (χ1) is 7.34. The average molecular weight is 223 g/mol. The van der Waals surface area contributed by atoms with Crippen LogP contribution in [0.3, 0.4) is 0 Å². The standard InChI is InChI=1S/C13H21NS/c1-3-4-5-6-7-10-14-12(2)13-9-8-11-15-13/h3,8-9,11-12,14H,1,4-7,10H2,2H3/t12-/m1/s1. The van der Waals surface area contributed by atoms with Crippen molar-refractivity contribution in [2.24, 2.45) is 0 Å². The van der Waals surface area contributed by atoms with Crippen molar-refractivity contribution in [2.75, 3.05) is 6.54 Å². The average Bonchev–Trinajstić information content (AvgIpc) is 2.76. The summed E-state index contributed by atoms with van der Waals surface area (Å²) in [4.78, 5) is 1.43. The first kappa shape index (κ1) is 12.5. The highest BCUT2D eigenvalue weighted by Gasteiger charge is 2.03. The molecule has 0 aliphatic rings. The highest BCUT2D eigenvalue weighted by Crippen LogP contribution is 2.17. The van der Waals surface area contributed by atoms with Crippen molar-refractivity contribution in [3.05, 3.63) is 35.0 Å². The number of allylic oxidation sites excluding steroid dienone is 1. The normalized spacial score (nSPS) is 12.6. The Balaban J connectivity index is 2.02. The van der Waals surface area contributed by atoms with E-state index >= 15 is 0 Å². The van der Waals surface area contributed by atoms with Gasteiger partial charge in [0.15, 0.2) is 0 Å². The van der Waals surface area contributed by atoms with Gasteiger partial charge in [-0.2, -0.15) is 0 Å². The van der Waals surface area contributed by atoms with E-state index in [0.29, 0.717) is 6.04 Å². The lowest BCUT2D eigenvalue weighted by Crippen LogP contribution is -2.18. The van der Waals surface area contributed by atoms with E-state index in [1.807, 2.05) is 17.4 Å². The maximum atomic E-state index is 3.73. The molecule has 1 aromatic rings. The van der Waals surface area contributed by atoms with Crippen LogP contribution < -0.4 is 5.32 Å². The van der Waals surface area contributed by atoms with Crippen LogP contribution in [0.1, 0.15) is 43.5 Å². The molecule has 1 rings (SSSR count). The van der Waals surface area contributed by atoms with Crippen molar-refractivity contribution < 1.29 is 0 Å². The summed E-state index contributed by atoms with van der Waals surface area (Å²) in [5, 5.41) is 5.68. The minimum Gasteiger partial charge on any atom is -0.309 e. The number of unbranched alkanes of at least 4 members (excludes halogenated alkanes) is 3. The highest BCUT2D eigenvalue weighted by atomic mass is 32.1. The first-order valence-electron chi connectivity index (χ1n) is 5.72. The Labute approximate surface area is 97.2 Å². The fraction of sp³-hybridized carbons (Fsp3) is 0.538. The summed E-state index contributed by atoms with van der Waals surface area (Å²) in [6.07, 6.45) is 7.00. The second-order valence-corrected chi connectivity index (χ2v) is 4.81. The van der Waals surface area contributed by atoms with Gasteiger partial charge in [-0.3, -0.25) is 0 Å². The van der Waals surface area contributed by atoms with Crippen LogP contribution in [0.25, 0.3) is 0 Å². The molecule has 0 fully saturated rings. The molecule has 0 saturated heterocycles. The Morgan fingerprint density at radius 3 is 3.00 bits per heavy atom. The summed E-state index contributed by atoms with van der Waals surface area (Å²) >= 11 is 1.83. The van der Waals surface area contributed by atoms with Gasteiger partial charge in [0.1, 0.15) is 0 Å². The molecule has 0 aliphatic carbocycles. The van der Waals surface area contributed by atoms with E-state index in [-0.39, 0.29) is 0 Å². The molecule has 2 heteroatoms. The molecule has 84 valence electrons. The van der Waals surface area contributed by atoms with Crippen LogP contribution in [0.4, 0.5) is 0 Å². The van der Waals surface area contributed by atoms with Crippen LogP contribution in [-0.2, 0) is 0 Å². The van der Waals surface area contributed by atoms with Gasteiger partial charge in [-0.1, -0.05) is 18.6 Å². The predicted molar refractivity (Wildman–Crippen MR) is 69.4 cm³/mol. The third-order valence-electron chi connectivity index (χ3n) is 2.51. The van der Waals surface area contributed by atoms with E-state index in [9.17, 15) is 0 Å². The van der Waals surface area contributed by atoms with Gasteiger partial charge >= 0.3 is 0 Å². The van der Waals surface area contributed by atoms with Gasteiger partial charge in [-0.05, 0) is 44.2 Å². The Kier molecular flexibility index (Phi) is 6.37. The lowest BCUT2D eigenvalue weighted by Gasteiger charge is -2.11. The largest absolute Gasteiger partial charge is 0.309 e. The number of hydrogen-bond acceptors (Lipinski definition) is 2. The van der Waals surface area contributed by atoms with Crippen LogP contribution in [-0.4, -0.2) is 6.54 Å². The molecular formula is C13H21NS. The first-order valence-corrected chi connectivity index (χ1v) is 6.60. The van der Waals surface area contributed by atoms with Gasteiger partial charge in [-0.15, -0.1) is 17.9 Å². The molecular weight excluding hydrogens is 202 g/mol. The second kappa shape index (κ2) is 7.66. The van der Waals surface area contributed by atoms with Gasteiger partial charge in [-0.25, -0.2) is 0 Å². The zero-order chi connectivity index (χ0) is 10.9. The zero-order valence-electron chi connectivity index (χ0n) is 9.54. The van der Waals surface area contributed by atoms with Gasteiger partial charge in [0.2, 0.25) is 0 Å². The van der Waals surface area contributed by atoms with E-state index in [4.69, 9.17) is 0 Å². The highest BCUT2D eigenvalue weighted by molar-refractivity contribution is 7.10. The van der Waals surface area contributed by atoms with Crippen molar-refractivity contribution in [1.82, 2.24) is 5.32 Å². The van der Waals surface area contributed by atoms with Crippen LogP contribution in [0.15, 0.2) is 30.2 Å². The number of rotatable bonds is 8. The molecule has 0 unspecified atom stereocenters. The molecule has 0 bridgehead atoms. The Morgan fingerprint density at radius 2 is 2.33 bits per heavy atom. The summed E-state index contributed by atoms with van der Waals surface area (Å²) in [6.45, 7) is 7.08. The van der Waals surface area contributed by atoms with Crippen LogP contribution >= 0.6 is 11.3 Å². The van der Waals surface area contributed by atoms with Crippen molar-refractivity contribution in [1.29, 1.82) is 0 Å². The van der Waals surface area contributed by atoms with E-state index in [1.54, 1.807) is 0 Å². The van der Waals surface area contributed by atoms with Crippen LogP contribution in [0.5, 0.6) is 0 Å². The predicted octanol–water partition coefficient (Wildman–Crippen LogP) is 4.15. The minimum atomic E-state index is 0.504.